The Morgan fingerprint density at radius 1 is 1.88 bits per heavy atom. The Balaban J connectivity index is 2.48. The maximum Gasteiger partial charge on any atom is 0.330 e. The van der Waals surface area contributed by atoms with Crippen molar-refractivity contribution in [1.82, 2.24) is 9.03 Å². The Bertz CT molecular complexity index is 134. The van der Waals surface area contributed by atoms with E-state index in [4.69, 9.17) is 5.73 Å². The lowest BCUT2D eigenvalue weighted by Crippen LogP contribution is -2.23. The number of rotatable bonds is 0. The van der Waals surface area contributed by atoms with Crippen LogP contribution >= 0.6 is 12.1 Å². The van der Waals surface area contributed by atoms with Crippen LogP contribution in [0.15, 0.2) is 12.4 Å². The molecule has 0 unspecified atom stereocenters. The number of nitrogens with one attached hydrogen (secondary N) is 1. The van der Waals surface area contributed by atoms with Crippen LogP contribution in [0.3, 0.4) is 0 Å². The van der Waals surface area contributed by atoms with Crippen molar-refractivity contribution in [2.24, 2.45) is 5.73 Å². The highest BCUT2D eigenvalue weighted by Crippen LogP contribution is 2.10. The number of hydrogen-bond donors (Lipinski definition) is 2. The molecule has 0 aromatic rings. The van der Waals surface area contributed by atoms with Gasteiger partial charge in [0.05, 0.1) is 12.1 Å². The molecule has 3 N–H and O–H groups in total. The van der Waals surface area contributed by atoms with Gasteiger partial charge in [0.15, 0.2) is 0 Å². The molecule has 0 aromatic heterocycles. The molecule has 0 fully saturated rings. The lowest BCUT2D eigenvalue weighted by molar-refractivity contribution is 0.242. The minimum absolute atomic E-state index is 0.462. The molecule has 0 saturated carbocycles. The topological polar surface area (TPSA) is 58.4 Å². The van der Waals surface area contributed by atoms with Crippen LogP contribution < -0.4 is 10.5 Å². The molecule has 1 rings (SSSR count). The summed E-state index contributed by atoms with van der Waals surface area (Å²) in [7, 11) is 0. The molecule has 0 spiro atoms. The summed E-state index contributed by atoms with van der Waals surface area (Å²) in [5.41, 5.74) is 4.87. The molecule has 44 valence electrons. The number of nitrogens with zero attached hydrogens (tertiary/aromatic N) is 1. The predicted octanol–water partition coefficient (Wildman–Crippen LogP) is 0.00470. The van der Waals surface area contributed by atoms with Gasteiger partial charge in [0.2, 0.25) is 0 Å². The van der Waals surface area contributed by atoms with E-state index in [1.165, 1.54) is 4.31 Å². The first-order valence-corrected chi connectivity index (χ1v) is 2.76. The van der Waals surface area contributed by atoms with Crippen LogP contribution in [-0.4, -0.2) is 10.3 Å². The molecule has 0 atom stereocenters. The third-order valence-corrected chi connectivity index (χ3v) is 1.39. The second-order valence-electron chi connectivity index (χ2n) is 1.19. The first-order valence-electron chi connectivity index (χ1n) is 1.98. The summed E-state index contributed by atoms with van der Waals surface area (Å²) < 4.78 is 4.01. The average molecular weight is 131 g/mol. The maximum absolute atomic E-state index is 10.2. The van der Waals surface area contributed by atoms with Crippen molar-refractivity contribution in [3.05, 3.63) is 12.4 Å². The van der Waals surface area contributed by atoms with Crippen LogP contribution in [0.2, 0.25) is 0 Å². The maximum atomic E-state index is 10.2. The van der Waals surface area contributed by atoms with Gasteiger partial charge in [0.25, 0.3) is 0 Å². The Morgan fingerprint density at radius 2 is 2.62 bits per heavy atom. The van der Waals surface area contributed by atoms with Crippen LogP contribution in [-0.2, 0) is 0 Å². The van der Waals surface area contributed by atoms with E-state index in [0.29, 0.717) is 0 Å². The van der Waals surface area contributed by atoms with Crippen molar-refractivity contribution in [3.63, 3.8) is 0 Å². The molecule has 1 aliphatic heterocycles. The molecule has 0 bridgehead atoms. The molecule has 0 radical (unpaired) electrons. The fourth-order valence-electron chi connectivity index (χ4n) is 0.334. The van der Waals surface area contributed by atoms with Crippen LogP contribution in [0.1, 0.15) is 0 Å². The molecule has 0 saturated heterocycles. The van der Waals surface area contributed by atoms with Gasteiger partial charge in [-0.2, -0.15) is 0 Å². The van der Waals surface area contributed by atoms with Gasteiger partial charge < -0.3 is 10.5 Å². The lowest BCUT2D eigenvalue weighted by Gasteiger charge is -2.03. The van der Waals surface area contributed by atoms with Crippen LogP contribution in [0.25, 0.3) is 0 Å². The zero-order valence-electron chi connectivity index (χ0n) is 4.00. The van der Waals surface area contributed by atoms with Gasteiger partial charge in [-0.1, -0.05) is 0 Å². The van der Waals surface area contributed by atoms with Gasteiger partial charge in [-0.05, 0) is 0 Å². The van der Waals surface area contributed by atoms with Gasteiger partial charge in [0, 0.05) is 12.4 Å². The zero-order valence-corrected chi connectivity index (χ0v) is 4.81. The number of carbonyl (C=O) groups is 1. The van der Waals surface area contributed by atoms with E-state index in [1.54, 1.807) is 12.4 Å². The summed E-state index contributed by atoms with van der Waals surface area (Å²) >= 11 is 1.15. The summed E-state index contributed by atoms with van der Waals surface area (Å²) in [4.78, 5) is 10.2. The van der Waals surface area contributed by atoms with E-state index in [-0.39, 0.29) is 0 Å². The SMILES string of the molecule is NC(=O)N1C=CNS1. The fourth-order valence-corrected chi connectivity index (χ4v) is 0.781. The molecule has 2 amide bonds. The summed E-state index contributed by atoms with van der Waals surface area (Å²) in [5, 5.41) is 0. The van der Waals surface area contributed by atoms with Gasteiger partial charge in [-0.15, -0.1) is 0 Å². The van der Waals surface area contributed by atoms with E-state index in [2.05, 4.69) is 4.72 Å². The minimum Gasteiger partial charge on any atom is -0.350 e. The standard InChI is InChI=1S/C3H5N3OS/c4-3(7)6-2-1-5-8-6/h1-2,5H,(H2,4,7). The van der Waals surface area contributed by atoms with Gasteiger partial charge in [-0.25, -0.2) is 9.10 Å². The normalized spacial score (nSPS) is 16.2. The quantitative estimate of drug-likeness (QED) is 0.455. The van der Waals surface area contributed by atoms with E-state index >= 15 is 0 Å². The first-order chi connectivity index (χ1) is 3.80. The number of amides is 2. The number of primary amides is 1. The average Bonchev–Trinajstić information content (AvgIpc) is 2.12. The fraction of sp³-hybridized carbons (Fsp3) is 0. The Labute approximate surface area is 51.0 Å². The molecule has 8 heavy (non-hydrogen) atoms. The Hall–Kier alpha value is -0.840. The third kappa shape index (κ3) is 0.865. The van der Waals surface area contributed by atoms with Crippen LogP contribution in [0, 0.1) is 0 Å². The summed E-state index contributed by atoms with van der Waals surface area (Å²) in [6.45, 7) is 0. The smallest absolute Gasteiger partial charge is 0.330 e. The van der Waals surface area contributed by atoms with Crippen LogP contribution in [0.4, 0.5) is 4.79 Å². The predicted molar refractivity (Wildman–Crippen MR) is 31.3 cm³/mol. The van der Waals surface area contributed by atoms with Crippen molar-refractivity contribution in [2.75, 3.05) is 0 Å². The highest BCUT2D eigenvalue weighted by molar-refractivity contribution is 7.96. The molecule has 1 aliphatic rings. The summed E-state index contributed by atoms with van der Waals surface area (Å²) in [5.74, 6) is 0. The van der Waals surface area contributed by atoms with E-state index in [9.17, 15) is 4.79 Å². The van der Waals surface area contributed by atoms with Crippen molar-refractivity contribution in [1.29, 1.82) is 0 Å². The summed E-state index contributed by atoms with van der Waals surface area (Å²) in [6.07, 6.45) is 3.20. The second-order valence-corrected chi connectivity index (χ2v) is 2.00. The van der Waals surface area contributed by atoms with E-state index in [1.807, 2.05) is 0 Å². The number of carbonyl (C=O) groups excluding carboxylic acids is 1. The van der Waals surface area contributed by atoms with Crippen molar-refractivity contribution in [2.45, 2.75) is 0 Å². The first kappa shape index (κ1) is 5.30. The van der Waals surface area contributed by atoms with Crippen molar-refractivity contribution >= 4 is 18.2 Å². The van der Waals surface area contributed by atoms with Crippen LogP contribution in [0.5, 0.6) is 0 Å². The summed E-state index contributed by atoms with van der Waals surface area (Å²) in [6, 6.07) is -0.462. The second kappa shape index (κ2) is 1.95. The minimum atomic E-state index is -0.462. The third-order valence-electron chi connectivity index (χ3n) is 0.646. The molecule has 4 nitrogen and oxygen atoms in total. The zero-order chi connectivity index (χ0) is 5.98. The van der Waals surface area contributed by atoms with Gasteiger partial charge >= 0.3 is 6.03 Å². The highest BCUT2D eigenvalue weighted by Gasteiger charge is 2.08. The highest BCUT2D eigenvalue weighted by atomic mass is 32.2. The molecule has 5 heteroatoms. The Morgan fingerprint density at radius 3 is 2.88 bits per heavy atom. The number of hydrogen-bond acceptors (Lipinski definition) is 3. The molecular formula is C3H5N3OS. The van der Waals surface area contributed by atoms with Crippen molar-refractivity contribution < 1.29 is 4.79 Å². The van der Waals surface area contributed by atoms with Gasteiger partial charge in [0.1, 0.15) is 0 Å². The molecule has 0 aromatic carbocycles. The molecular weight excluding hydrogens is 126 g/mol. The molecule has 0 aliphatic carbocycles. The monoisotopic (exact) mass is 131 g/mol. The molecule has 1 heterocycles. The number of nitrogens with two attached hydrogens (primary N) is 1. The number of urea groups is 1. The largest absolute Gasteiger partial charge is 0.350 e. The van der Waals surface area contributed by atoms with Gasteiger partial charge in [-0.3, -0.25) is 0 Å². The Kier molecular flexibility index (Phi) is 1.29. The van der Waals surface area contributed by atoms with Crippen molar-refractivity contribution in [3.8, 4) is 0 Å². The van der Waals surface area contributed by atoms with E-state index < -0.39 is 6.03 Å². The lowest BCUT2D eigenvalue weighted by atomic mass is 10.9. The van der Waals surface area contributed by atoms with E-state index in [0.717, 1.165) is 12.1 Å².